The number of carbonyl (C=O) groups is 3. The zero-order chi connectivity index (χ0) is 20.1. The molecule has 0 unspecified atom stereocenters. The normalized spacial score (nSPS) is 16.5. The van der Waals surface area contributed by atoms with Crippen molar-refractivity contribution in [1.29, 1.82) is 0 Å². The van der Waals surface area contributed by atoms with Gasteiger partial charge in [-0.25, -0.2) is 4.79 Å². The number of rotatable bonds is 6. The number of Topliss-reactive ketones (excluding diaryl/α,β-unsaturated/α-hetero) is 1. The third-order valence-electron chi connectivity index (χ3n) is 4.66. The summed E-state index contributed by atoms with van der Waals surface area (Å²) < 4.78 is 15.6. The van der Waals surface area contributed by atoms with Gasteiger partial charge in [-0.1, -0.05) is 5.16 Å². The molecule has 0 bridgehead atoms. The van der Waals surface area contributed by atoms with E-state index in [-0.39, 0.29) is 24.0 Å². The Bertz CT molecular complexity index is 858. The molecular weight excluding hydrogens is 364 g/mol. The molecule has 1 aromatic carbocycles. The third-order valence-corrected chi connectivity index (χ3v) is 4.66. The van der Waals surface area contributed by atoms with Gasteiger partial charge in [0, 0.05) is 18.2 Å². The van der Waals surface area contributed by atoms with Gasteiger partial charge in [0.25, 0.3) is 5.91 Å². The molecule has 0 spiro atoms. The summed E-state index contributed by atoms with van der Waals surface area (Å²) >= 11 is 0. The van der Waals surface area contributed by atoms with Crippen LogP contribution in [0.15, 0.2) is 34.9 Å². The highest BCUT2D eigenvalue weighted by molar-refractivity contribution is 5.95. The van der Waals surface area contributed by atoms with Gasteiger partial charge in [0.15, 0.2) is 17.2 Å². The lowest BCUT2D eigenvalue weighted by molar-refractivity contribution is -0.147. The van der Waals surface area contributed by atoms with Gasteiger partial charge in [0.05, 0.1) is 7.11 Å². The average Bonchev–Trinajstić information content (AvgIpc) is 3.20. The van der Waals surface area contributed by atoms with E-state index in [0.29, 0.717) is 30.0 Å². The smallest absolute Gasteiger partial charge is 0.328 e. The van der Waals surface area contributed by atoms with Crippen molar-refractivity contribution in [3.05, 3.63) is 47.3 Å². The molecule has 8 heteroatoms. The fraction of sp³-hybridized carbons (Fsp3) is 0.400. The topological polar surface area (TPSA) is 98.9 Å². The van der Waals surface area contributed by atoms with Crippen LogP contribution in [0.3, 0.4) is 0 Å². The number of ketones is 1. The lowest BCUT2D eigenvalue weighted by Gasteiger charge is -2.33. The van der Waals surface area contributed by atoms with E-state index >= 15 is 0 Å². The summed E-state index contributed by atoms with van der Waals surface area (Å²) in [5.74, 6) is 0.139. The Morgan fingerprint density at radius 3 is 2.64 bits per heavy atom. The molecule has 0 radical (unpaired) electrons. The molecule has 1 atom stereocenters. The summed E-state index contributed by atoms with van der Waals surface area (Å²) in [5.41, 5.74) is 0.725. The number of piperidine rings is 1. The first-order chi connectivity index (χ1) is 13.5. The maximum Gasteiger partial charge on any atom is 0.328 e. The number of amides is 1. The maximum atomic E-state index is 12.7. The molecule has 0 N–H and O–H groups in total. The summed E-state index contributed by atoms with van der Waals surface area (Å²) in [6.45, 7) is 2.05. The van der Waals surface area contributed by atoms with Crippen molar-refractivity contribution in [3.63, 3.8) is 0 Å². The van der Waals surface area contributed by atoms with Crippen LogP contribution in [0.4, 0.5) is 0 Å². The summed E-state index contributed by atoms with van der Waals surface area (Å²) in [4.78, 5) is 37.5. The summed E-state index contributed by atoms with van der Waals surface area (Å²) in [7, 11) is 1.31. The van der Waals surface area contributed by atoms with Gasteiger partial charge in [-0.2, -0.15) is 0 Å². The van der Waals surface area contributed by atoms with Gasteiger partial charge in [-0.3, -0.25) is 9.59 Å². The second-order valence-corrected chi connectivity index (χ2v) is 6.58. The number of hydrogen-bond acceptors (Lipinski definition) is 7. The van der Waals surface area contributed by atoms with Gasteiger partial charge >= 0.3 is 5.97 Å². The zero-order valence-corrected chi connectivity index (χ0v) is 15.8. The van der Waals surface area contributed by atoms with Crippen molar-refractivity contribution >= 4 is 17.7 Å². The number of ether oxygens (including phenoxy) is 2. The number of esters is 1. The van der Waals surface area contributed by atoms with Gasteiger partial charge in [0.2, 0.25) is 0 Å². The van der Waals surface area contributed by atoms with E-state index in [1.54, 1.807) is 24.3 Å². The third kappa shape index (κ3) is 4.39. The van der Waals surface area contributed by atoms with Gasteiger partial charge in [-0.05, 0) is 50.5 Å². The summed E-state index contributed by atoms with van der Waals surface area (Å²) in [6.07, 6.45) is 2.26. The van der Waals surface area contributed by atoms with E-state index in [9.17, 15) is 14.4 Å². The number of likely N-dealkylation sites (tertiary alicyclic amines) is 1. The summed E-state index contributed by atoms with van der Waals surface area (Å²) in [6, 6.07) is 7.64. The largest absolute Gasteiger partial charge is 0.486 e. The molecule has 1 aliphatic rings. The standard InChI is InChI=1S/C20H22N2O6/c1-13(23)14-6-8-15(9-7-14)27-12-16-11-17(21-28-16)19(24)22-10-4-3-5-18(22)20(25)26-2/h6-9,11,18H,3-5,10,12H2,1-2H3/t18-/m1/s1. The molecule has 3 rings (SSSR count). The van der Waals surface area contributed by atoms with E-state index in [2.05, 4.69) is 5.16 Å². The van der Waals surface area contributed by atoms with Crippen molar-refractivity contribution in [2.75, 3.05) is 13.7 Å². The zero-order valence-electron chi connectivity index (χ0n) is 15.8. The Hall–Kier alpha value is -3.16. The Labute approximate surface area is 162 Å². The second-order valence-electron chi connectivity index (χ2n) is 6.58. The number of benzene rings is 1. The molecule has 0 aliphatic carbocycles. The van der Waals surface area contributed by atoms with Crippen LogP contribution in [-0.2, 0) is 16.1 Å². The molecule has 2 heterocycles. The van der Waals surface area contributed by atoms with E-state index in [4.69, 9.17) is 14.0 Å². The fourth-order valence-corrected chi connectivity index (χ4v) is 3.12. The van der Waals surface area contributed by atoms with Crippen molar-refractivity contribution in [2.24, 2.45) is 0 Å². The molecule has 0 saturated carbocycles. The van der Waals surface area contributed by atoms with Crippen LogP contribution in [0.1, 0.15) is 52.8 Å². The van der Waals surface area contributed by atoms with Crippen LogP contribution in [0.5, 0.6) is 5.75 Å². The van der Waals surface area contributed by atoms with Gasteiger partial charge in [-0.15, -0.1) is 0 Å². The predicted octanol–water partition coefficient (Wildman–Crippen LogP) is 2.62. The lowest BCUT2D eigenvalue weighted by atomic mass is 10.0. The molecule has 8 nitrogen and oxygen atoms in total. The number of aromatic nitrogens is 1. The van der Waals surface area contributed by atoms with Crippen LogP contribution in [0, 0.1) is 0 Å². The minimum atomic E-state index is -0.595. The number of hydrogen-bond donors (Lipinski definition) is 0. The number of nitrogens with zero attached hydrogens (tertiary/aromatic N) is 2. The molecule has 148 valence electrons. The predicted molar refractivity (Wildman–Crippen MR) is 98.0 cm³/mol. The van der Waals surface area contributed by atoms with E-state index in [0.717, 1.165) is 12.8 Å². The Balaban J connectivity index is 1.63. The molecule has 2 aromatic rings. The average molecular weight is 386 g/mol. The molecule has 1 aliphatic heterocycles. The van der Waals surface area contributed by atoms with E-state index in [1.807, 2.05) is 0 Å². The SMILES string of the molecule is COC(=O)[C@H]1CCCCN1C(=O)c1cc(COc2ccc(C(C)=O)cc2)on1. The monoisotopic (exact) mass is 386 g/mol. The number of methoxy groups -OCH3 is 1. The molecule has 1 amide bonds. The van der Waals surface area contributed by atoms with Crippen molar-refractivity contribution in [2.45, 2.75) is 38.8 Å². The van der Waals surface area contributed by atoms with Crippen LogP contribution >= 0.6 is 0 Å². The quantitative estimate of drug-likeness (QED) is 0.556. The number of carbonyl (C=O) groups excluding carboxylic acids is 3. The van der Waals surface area contributed by atoms with Gasteiger partial charge in [0.1, 0.15) is 18.4 Å². The first-order valence-electron chi connectivity index (χ1n) is 9.08. The van der Waals surface area contributed by atoms with Crippen LogP contribution in [0.2, 0.25) is 0 Å². The highest BCUT2D eigenvalue weighted by Gasteiger charge is 2.34. The fourth-order valence-electron chi connectivity index (χ4n) is 3.12. The van der Waals surface area contributed by atoms with E-state index < -0.39 is 12.0 Å². The maximum absolute atomic E-state index is 12.7. The van der Waals surface area contributed by atoms with E-state index in [1.165, 1.54) is 25.0 Å². The summed E-state index contributed by atoms with van der Waals surface area (Å²) in [5, 5.41) is 3.82. The van der Waals surface area contributed by atoms with Crippen molar-refractivity contribution < 1.29 is 28.4 Å². The Morgan fingerprint density at radius 1 is 1.21 bits per heavy atom. The minimum Gasteiger partial charge on any atom is -0.486 e. The molecular formula is C20H22N2O6. The van der Waals surface area contributed by atoms with Crippen LogP contribution in [-0.4, -0.2) is 47.4 Å². The second kappa shape index (κ2) is 8.69. The van der Waals surface area contributed by atoms with Crippen LogP contribution < -0.4 is 4.74 Å². The highest BCUT2D eigenvalue weighted by Crippen LogP contribution is 2.21. The molecule has 1 aromatic heterocycles. The molecule has 1 fully saturated rings. The minimum absolute atomic E-state index is 0.0205. The van der Waals surface area contributed by atoms with Crippen molar-refractivity contribution in [1.82, 2.24) is 10.1 Å². The molecule has 28 heavy (non-hydrogen) atoms. The molecule has 1 saturated heterocycles. The first-order valence-corrected chi connectivity index (χ1v) is 9.08. The van der Waals surface area contributed by atoms with Crippen LogP contribution in [0.25, 0.3) is 0 Å². The first kappa shape index (κ1) is 19.6. The lowest BCUT2D eigenvalue weighted by Crippen LogP contribution is -2.48. The Morgan fingerprint density at radius 2 is 1.96 bits per heavy atom. The highest BCUT2D eigenvalue weighted by atomic mass is 16.5. The van der Waals surface area contributed by atoms with Crippen molar-refractivity contribution in [3.8, 4) is 5.75 Å². The Kier molecular flexibility index (Phi) is 6.08. The van der Waals surface area contributed by atoms with Gasteiger partial charge < -0.3 is 18.9 Å².